The maximum absolute atomic E-state index is 13.3. The minimum absolute atomic E-state index is 0.277. The number of benzene rings is 2. The minimum Gasteiger partial charge on any atom is -0.385 e. The van der Waals surface area contributed by atoms with E-state index in [9.17, 15) is 4.79 Å². The smallest absolute Gasteiger partial charge is 0.222 e. The second-order valence-electron chi connectivity index (χ2n) is 9.31. The van der Waals surface area contributed by atoms with Gasteiger partial charge in [0.05, 0.1) is 0 Å². The van der Waals surface area contributed by atoms with E-state index in [0.29, 0.717) is 13.0 Å². The molecular formula is C27H37BrN4O. The molecule has 6 heteroatoms. The monoisotopic (exact) mass is 512 g/mol. The van der Waals surface area contributed by atoms with Crippen molar-refractivity contribution in [1.29, 1.82) is 0 Å². The number of hydrogen-bond acceptors (Lipinski definition) is 4. The number of carbonyl (C=O) groups is 1. The molecule has 178 valence electrons. The summed E-state index contributed by atoms with van der Waals surface area (Å²) in [5.74, 6) is 0.277. The van der Waals surface area contributed by atoms with Crippen molar-refractivity contribution in [3.8, 4) is 0 Å². The van der Waals surface area contributed by atoms with Crippen LogP contribution in [0.15, 0.2) is 53.0 Å². The summed E-state index contributed by atoms with van der Waals surface area (Å²) in [6, 6.07) is 17.0. The quantitative estimate of drug-likeness (QED) is 0.592. The fourth-order valence-electron chi connectivity index (χ4n) is 4.88. The third-order valence-corrected chi connectivity index (χ3v) is 7.24. The Labute approximate surface area is 207 Å². The molecule has 1 amide bonds. The molecule has 1 saturated heterocycles. The van der Waals surface area contributed by atoms with Crippen molar-refractivity contribution in [3.63, 3.8) is 0 Å². The van der Waals surface area contributed by atoms with Crippen LogP contribution in [0.5, 0.6) is 0 Å². The molecule has 33 heavy (non-hydrogen) atoms. The second kappa shape index (κ2) is 12.5. The van der Waals surface area contributed by atoms with Gasteiger partial charge in [-0.15, -0.1) is 0 Å². The lowest BCUT2D eigenvalue weighted by Crippen LogP contribution is -2.38. The summed E-state index contributed by atoms with van der Waals surface area (Å²) >= 11 is 3.62. The number of amides is 1. The Morgan fingerprint density at radius 2 is 1.70 bits per heavy atom. The largest absolute Gasteiger partial charge is 0.385 e. The molecule has 1 N–H and O–H groups in total. The molecule has 1 fully saturated rings. The van der Waals surface area contributed by atoms with Gasteiger partial charge in [0.25, 0.3) is 0 Å². The van der Waals surface area contributed by atoms with Crippen molar-refractivity contribution in [2.45, 2.75) is 45.2 Å². The van der Waals surface area contributed by atoms with Crippen molar-refractivity contribution >= 4 is 27.5 Å². The molecule has 2 aromatic carbocycles. The number of nitrogens with zero attached hydrogens (tertiary/aromatic N) is 3. The van der Waals surface area contributed by atoms with Gasteiger partial charge in [0, 0.05) is 55.8 Å². The standard InChI is InChI=1S/C27H37BrN4O/c28-25-11-12-26-24(20-25)22-32(27(33)10-6-16-30-14-4-5-15-30)19-18-31(17-7-13-29-26)21-23-8-2-1-3-9-23/h1-3,8-9,11-12,20,29H,4-7,10,13-19,21-22H2. The second-order valence-corrected chi connectivity index (χ2v) is 10.2. The Balaban J connectivity index is 1.44. The third kappa shape index (κ3) is 7.56. The molecule has 0 bridgehead atoms. The lowest BCUT2D eigenvalue weighted by atomic mass is 10.1. The number of halogens is 1. The summed E-state index contributed by atoms with van der Waals surface area (Å²) in [6.45, 7) is 8.63. The Morgan fingerprint density at radius 3 is 2.52 bits per heavy atom. The zero-order chi connectivity index (χ0) is 22.9. The van der Waals surface area contributed by atoms with Gasteiger partial charge in [-0.3, -0.25) is 9.69 Å². The van der Waals surface area contributed by atoms with E-state index in [4.69, 9.17) is 0 Å². The zero-order valence-electron chi connectivity index (χ0n) is 19.6. The Bertz CT molecular complexity index is 885. The molecule has 2 heterocycles. The first-order valence-electron chi connectivity index (χ1n) is 12.5. The summed E-state index contributed by atoms with van der Waals surface area (Å²) in [4.78, 5) is 20.4. The van der Waals surface area contributed by atoms with E-state index in [1.54, 1.807) is 0 Å². The summed E-state index contributed by atoms with van der Waals surface area (Å²) < 4.78 is 1.06. The van der Waals surface area contributed by atoms with E-state index < -0.39 is 0 Å². The first-order valence-corrected chi connectivity index (χ1v) is 13.3. The van der Waals surface area contributed by atoms with Gasteiger partial charge in [0.15, 0.2) is 0 Å². The molecule has 5 nitrogen and oxygen atoms in total. The van der Waals surface area contributed by atoms with Crippen LogP contribution in [0.2, 0.25) is 0 Å². The molecule has 0 radical (unpaired) electrons. The van der Waals surface area contributed by atoms with Gasteiger partial charge in [-0.05, 0) is 74.6 Å². The molecule has 0 aromatic heterocycles. The van der Waals surface area contributed by atoms with Crippen molar-refractivity contribution in [2.24, 2.45) is 0 Å². The highest BCUT2D eigenvalue weighted by atomic mass is 79.9. The third-order valence-electron chi connectivity index (χ3n) is 6.75. The predicted octanol–water partition coefficient (Wildman–Crippen LogP) is 4.97. The number of likely N-dealkylation sites (tertiary alicyclic amines) is 1. The fourth-order valence-corrected chi connectivity index (χ4v) is 5.29. The minimum atomic E-state index is 0.277. The molecule has 0 spiro atoms. The normalized spacial score (nSPS) is 18.4. The average Bonchev–Trinajstić information content (AvgIpc) is 3.33. The lowest BCUT2D eigenvalue weighted by Gasteiger charge is -2.28. The summed E-state index contributed by atoms with van der Waals surface area (Å²) in [5, 5.41) is 3.62. The SMILES string of the molecule is O=C(CCCN1CCCC1)N1CCN(Cc2ccccc2)CCCNc2ccc(Br)cc2C1. The van der Waals surface area contributed by atoms with E-state index in [1.807, 2.05) is 0 Å². The van der Waals surface area contributed by atoms with Crippen LogP contribution in [0.1, 0.15) is 43.2 Å². The highest BCUT2D eigenvalue weighted by Gasteiger charge is 2.19. The zero-order valence-corrected chi connectivity index (χ0v) is 21.2. The number of fused-ring (bicyclic) bond motifs is 1. The predicted molar refractivity (Wildman–Crippen MR) is 139 cm³/mol. The van der Waals surface area contributed by atoms with Crippen molar-refractivity contribution in [2.75, 3.05) is 51.1 Å². The Kier molecular flexibility index (Phi) is 9.21. The van der Waals surface area contributed by atoms with E-state index >= 15 is 0 Å². The molecule has 4 rings (SSSR count). The maximum Gasteiger partial charge on any atom is 0.222 e. The van der Waals surface area contributed by atoms with Gasteiger partial charge >= 0.3 is 0 Å². The number of hydrogen-bond donors (Lipinski definition) is 1. The molecule has 0 saturated carbocycles. The van der Waals surface area contributed by atoms with Crippen LogP contribution in [0.25, 0.3) is 0 Å². The first-order chi connectivity index (χ1) is 16.2. The number of nitrogens with one attached hydrogen (secondary N) is 1. The van der Waals surface area contributed by atoms with Gasteiger partial charge in [-0.25, -0.2) is 0 Å². The topological polar surface area (TPSA) is 38.8 Å². The van der Waals surface area contributed by atoms with Crippen LogP contribution >= 0.6 is 15.9 Å². The van der Waals surface area contributed by atoms with Crippen molar-refractivity contribution in [3.05, 3.63) is 64.1 Å². The van der Waals surface area contributed by atoms with Crippen LogP contribution in [-0.2, 0) is 17.9 Å². The van der Waals surface area contributed by atoms with Crippen LogP contribution < -0.4 is 5.32 Å². The molecule has 0 unspecified atom stereocenters. The molecule has 2 aliphatic rings. The van der Waals surface area contributed by atoms with Gasteiger partial charge < -0.3 is 15.1 Å². The highest BCUT2D eigenvalue weighted by Crippen LogP contribution is 2.24. The van der Waals surface area contributed by atoms with Crippen molar-refractivity contribution in [1.82, 2.24) is 14.7 Å². The number of carbonyl (C=O) groups excluding carboxylic acids is 1. The molecule has 0 atom stereocenters. The van der Waals surface area contributed by atoms with E-state index in [1.165, 1.54) is 37.1 Å². The van der Waals surface area contributed by atoms with Crippen molar-refractivity contribution < 1.29 is 4.79 Å². The number of anilines is 1. The summed E-state index contributed by atoms with van der Waals surface area (Å²) in [5.41, 5.74) is 3.66. The van der Waals surface area contributed by atoms with Crippen LogP contribution in [0.4, 0.5) is 5.69 Å². The van der Waals surface area contributed by atoms with Crippen LogP contribution in [-0.4, -0.2) is 66.4 Å². The summed E-state index contributed by atoms with van der Waals surface area (Å²) in [7, 11) is 0. The molecule has 2 aliphatic heterocycles. The fraction of sp³-hybridized carbons (Fsp3) is 0.519. The van der Waals surface area contributed by atoms with Crippen LogP contribution in [0.3, 0.4) is 0 Å². The van der Waals surface area contributed by atoms with Gasteiger partial charge in [0.1, 0.15) is 0 Å². The lowest BCUT2D eigenvalue weighted by molar-refractivity contribution is -0.132. The Morgan fingerprint density at radius 1 is 0.909 bits per heavy atom. The van der Waals surface area contributed by atoms with E-state index in [0.717, 1.165) is 62.3 Å². The average molecular weight is 514 g/mol. The molecular weight excluding hydrogens is 476 g/mol. The summed E-state index contributed by atoms with van der Waals surface area (Å²) in [6.07, 6.45) is 5.26. The number of rotatable bonds is 6. The molecule has 0 aliphatic carbocycles. The van der Waals surface area contributed by atoms with Crippen LogP contribution in [0, 0.1) is 0 Å². The maximum atomic E-state index is 13.3. The van der Waals surface area contributed by atoms with Gasteiger partial charge in [-0.2, -0.15) is 0 Å². The Hall–Kier alpha value is -1.89. The highest BCUT2D eigenvalue weighted by molar-refractivity contribution is 9.10. The van der Waals surface area contributed by atoms with Gasteiger partial charge in [0.2, 0.25) is 5.91 Å². The van der Waals surface area contributed by atoms with Gasteiger partial charge in [-0.1, -0.05) is 46.3 Å². The van der Waals surface area contributed by atoms with E-state index in [-0.39, 0.29) is 5.91 Å². The first kappa shape index (κ1) is 24.2. The molecule has 2 aromatic rings. The van der Waals surface area contributed by atoms with E-state index in [2.05, 4.69) is 84.5 Å².